The Morgan fingerprint density at radius 1 is 1.47 bits per heavy atom. The maximum absolute atomic E-state index is 11.6. The third-order valence-electron chi connectivity index (χ3n) is 2.60. The Morgan fingerprint density at radius 2 is 2.21 bits per heavy atom. The first-order valence-electron chi connectivity index (χ1n) is 6.22. The van der Waals surface area contributed by atoms with Gasteiger partial charge in [-0.05, 0) is 26.3 Å². The lowest BCUT2D eigenvalue weighted by molar-refractivity contribution is -0.121. The van der Waals surface area contributed by atoms with Crippen molar-refractivity contribution in [3.8, 4) is 0 Å². The largest absolute Gasteiger partial charge is 0.476 e. The van der Waals surface area contributed by atoms with E-state index in [4.69, 9.17) is 10.8 Å². The topological polar surface area (TPSA) is 105 Å². The van der Waals surface area contributed by atoms with Gasteiger partial charge in [0.25, 0.3) is 0 Å². The summed E-state index contributed by atoms with van der Waals surface area (Å²) in [4.78, 5) is 26.3. The molecule has 1 aromatic heterocycles. The molecule has 1 unspecified atom stereocenters. The van der Waals surface area contributed by atoms with Gasteiger partial charge in [-0.3, -0.25) is 4.79 Å². The van der Waals surface area contributed by atoms with Gasteiger partial charge in [-0.15, -0.1) is 11.3 Å². The van der Waals surface area contributed by atoms with E-state index in [0.29, 0.717) is 18.0 Å². The lowest BCUT2D eigenvalue weighted by atomic mass is 10.2. The molecule has 0 spiro atoms. The Labute approximate surface area is 116 Å². The molecule has 0 aliphatic carbocycles. The Hall–Kier alpha value is -1.47. The molecule has 1 heterocycles. The van der Waals surface area contributed by atoms with Crippen molar-refractivity contribution in [2.24, 2.45) is 5.73 Å². The average molecular weight is 285 g/mol. The summed E-state index contributed by atoms with van der Waals surface area (Å²) in [5, 5.41) is 13.7. The summed E-state index contributed by atoms with van der Waals surface area (Å²) in [6.07, 6.45) is 3.14. The maximum Gasteiger partial charge on any atom is 0.355 e. The van der Waals surface area contributed by atoms with E-state index in [0.717, 1.165) is 19.3 Å². The van der Waals surface area contributed by atoms with E-state index in [1.807, 2.05) is 0 Å². The van der Waals surface area contributed by atoms with Gasteiger partial charge in [0.2, 0.25) is 5.91 Å². The van der Waals surface area contributed by atoms with Gasteiger partial charge >= 0.3 is 5.97 Å². The third-order valence-corrected chi connectivity index (χ3v) is 3.62. The molecule has 4 N–H and O–H groups in total. The molecule has 106 valence electrons. The van der Waals surface area contributed by atoms with Gasteiger partial charge in [-0.2, -0.15) is 0 Å². The monoisotopic (exact) mass is 285 g/mol. The van der Waals surface area contributed by atoms with Crippen LogP contribution >= 0.6 is 11.3 Å². The van der Waals surface area contributed by atoms with Crippen molar-refractivity contribution in [2.75, 3.05) is 6.54 Å². The average Bonchev–Trinajstić information content (AvgIpc) is 2.84. The van der Waals surface area contributed by atoms with Gasteiger partial charge in [0.15, 0.2) is 5.69 Å². The Balaban J connectivity index is 2.38. The highest BCUT2D eigenvalue weighted by Crippen LogP contribution is 2.18. The van der Waals surface area contributed by atoms with E-state index in [9.17, 15) is 9.59 Å². The number of carbonyl (C=O) groups excluding carboxylic acids is 1. The quantitative estimate of drug-likeness (QED) is 0.628. The Morgan fingerprint density at radius 3 is 2.79 bits per heavy atom. The minimum atomic E-state index is -1.05. The minimum Gasteiger partial charge on any atom is -0.476 e. The number of carboxylic acid groups (broad SMARTS) is 1. The molecular formula is C12H19N3O3S. The second-order valence-electron chi connectivity index (χ2n) is 4.26. The van der Waals surface area contributed by atoms with E-state index in [-0.39, 0.29) is 17.6 Å². The van der Waals surface area contributed by atoms with Gasteiger partial charge in [-0.1, -0.05) is 6.42 Å². The molecule has 7 heteroatoms. The molecule has 0 radical (unpaired) electrons. The van der Waals surface area contributed by atoms with E-state index >= 15 is 0 Å². The number of hydrogen-bond acceptors (Lipinski definition) is 5. The summed E-state index contributed by atoms with van der Waals surface area (Å²) in [6, 6.07) is -0.264. The van der Waals surface area contributed by atoms with Gasteiger partial charge < -0.3 is 16.2 Å². The molecule has 1 rings (SSSR count). The zero-order chi connectivity index (χ0) is 14.3. The number of aromatic carboxylic acids is 1. The number of aromatic nitrogens is 1. The van der Waals surface area contributed by atoms with E-state index in [1.54, 1.807) is 6.92 Å². The molecule has 1 aromatic rings. The van der Waals surface area contributed by atoms with Gasteiger partial charge in [-0.25, -0.2) is 9.78 Å². The predicted molar refractivity (Wildman–Crippen MR) is 73.2 cm³/mol. The van der Waals surface area contributed by atoms with Crippen LogP contribution in [0.2, 0.25) is 0 Å². The van der Waals surface area contributed by atoms with Crippen molar-refractivity contribution in [3.63, 3.8) is 0 Å². The van der Waals surface area contributed by atoms with Crippen LogP contribution in [0.25, 0.3) is 0 Å². The number of unbranched alkanes of at least 4 members (excludes halogenated alkanes) is 2. The number of carboxylic acids is 1. The van der Waals surface area contributed by atoms with Crippen LogP contribution in [0.15, 0.2) is 5.38 Å². The number of nitrogens with one attached hydrogen (secondary N) is 1. The summed E-state index contributed by atoms with van der Waals surface area (Å²) < 4.78 is 0. The summed E-state index contributed by atoms with van der Waals surface area (Å²) in [5.74, 6) is -1.10. The van der Waals surface area contributed by atoms with Gasteiger partial charge in [0.1, 0.15) is 5.01 Å². The van der Waals surface area contributed by atoms with Crippen molar-refractivity contribution < 1.29 is 14.7 Å². The zero-order valence-corrected chi connectivity index (χ0v) is 11.7. The number of thiazole rings is 1. The van der Waals surface area contributed by atoms with Crippen molar-refractivity contribution >= 4 is 23.2 Å². The molecule has 1 amide bonds. The van der Waals surface area contributed by atoms with Gasteiger partial charge in [0, 0.05) is 11.8 Å². The fraction of sp³-hybridized carbons (Fsp3) is 0.583. The van der Waals surface area contributed by atoms with Crippen LogP contribution in [0.1, 0.15) is 54.1 Å². The first-order valence-corrected chi connectivity index (χ1v) is 7.10. The van der Waals surface area contributed by atoms with Gasteiger partial charge in [0.05, 0.1) is 6.04 Å². The third kappa shape index (κ3) is 5.35. The first kappa shape index (κ1) is 15.6. The first-order chi connectivity index (χ1) is 9.04. The van der Waals surface area contributed by atoms with E-state index in [1.165, 1.54) is 16.7 Å². The SMILES string of the molecule is CC(NC(=O)CCCCCN)c1nc(C(=O)O)cs1. The lowest BCUT2D eigenvalue weighted by Crippen LogP contribution is -2.26. The van der Waals surface area contributed by atoms with Crippen LogP contribution in [-0.2, 0) is 4.79 Å². The highest BCUT2D eigenvalue weighted by Gasteiger charge is 2.15. The summed E-state index contributed by atoms with van der Waals surface area (Å²) in [7, 11) is 0. The number of nitrogens with zero attached hydrogens (tertiary/aromatic N) is 1. The summed E-state index contributed by atoms with van der Waals surface area (Å²) >= 11 is 1.24. The number of rotatable bonds is 8. The van der Waals surface area contributed by atoms with Crippen LogP contribution in [0.5, 0.6) is 0 Å². The highest BCUT2D eigenvalue weighted by atomic mass is 32.1. The van der Waals surface area contributed by atoms with E-state index < -0.39 is 5.97 Å². The molecule has 0 fully saturated rings. The molecular weight excluding hydrogens is 266 g/mol. The summed E-state index contributed by atoms with van der Waals surface area (Å²) in [6.45, 7) is 2.44. The number of hydrogen-bond donors (Lipinski definition) is 3. The smallest absolute Gasteiger partial charge is 0.355 e. The number of carbonyl (C=O) groups is 2. The normalized spacial score (nSPS) is 12.1. The predicted octanol–water partition coefficient (Wildman–Crippen LogP) is 1.54. The fourth-order valence-electron chi connectivity index (χ4n) is 1.57. The second-order valence-corrected chi connectivity index (χ2v) is 5.15. The van der Waals surface area contributed by atoms with Crippen LogP contribution in [0, 0.1) is 0 Å². The standard InChI is InChI=1S/C12H19N3O3S/c1-8(11-15-9(7-19-11)12(17)18)14-10(16)5-3-2-4-6-13/h7-8H,2-6,13H2,1H3,(H,14,16)(H,17,18). The molecule has 0 saturated carbocycles. The molecule has 0 saturated heterocycles. The van der Waals surface area contributed by atoms with Crippen molar-refractivity contribution in [1.29, 1.82) is 0 Å². The molecule has 1 atom stereocenters. The van der Waals surface area contributed by atoms with Crippen molar-refractivity contribution in [2.45, 2.75) is 38.6 Å². The lowest BCUT2D eigenvalue weighted by Gasteiger charge is -2.10. The molecule has 0 aliphatic rings. The molecule has 6 nitrogen and oxygen atoms in total. The van der Waals surface area contributed by atoms with Crippen molar-refractivity contribution in [1.82, 2.24) is 10.3 Å². The minimum absolute atomic E-state index is 0.0176. The molecule has 0 bridgehead atoms. The number of nitrogens with two attached hydrogens (primary N) is 1. The van der Waals surface area contributed by atoms with Crippen LogP contribution < -0.4 is 11.1 Å². The number of amides is 1. The van der Waals surface area contributed by atoms with Crippen LogP contribution in [0.3, 0.4) is 0 Å². The van der Waals surface area contributed by atoms with Crippen LogP contribution in [0.4, 0.5) is 0 Å². The zero-order valence-electron chi connectivity index (χ0n) is 10.9. The Bertz CT molecular complexity index is 434. The molecule has 0 aliphatic heterocycles. The molecule has 0 aromatic carbocycles. The fourth-order valence-corrected chi connectivity index (χ4v) is 2.37. The maximum atomic E-state index is 11.6. The second kappa shape index (κ2) is 7.85. The van der Waals surface area contributed by atoms with Crippen LogP contribution in [-0.4, -0.2) is 28.5 Å². The Kier molecular flexibility index (Phi) is 6.44. The van der Waals surface area contributed by atoms with E-state index in [2.05, 4.69) is 10.3 Å². The summed E-state index contributed by atoms with van der Waals surface area (Å²) in [5.41, 5.74) is 5.39. The van der Waals surface area contributed by atoms with Crippen molar-refractivity contribution in [3.05, 3.63) is 16.1 Å². The highest BCUT2D eigenvalue weighted by molar-refractivity contribution is 7.09. The molecule has 19 heavy (non-hydrogen) atoms.